The summed E-state index contributed by atoms with van der Waals surface area (Å²) in [5.74, 6) is 0.488. The van der Waals surface area contributed by atoms with Gasteiger partial charge in [0.15, 0.2) is 0 Å². The van der Waals surface area contributed by atoms with Gasteiger partial charge in [-0.2, -0.15) is 0 Å². The highest BCUT2D eigenvalue weighted by Crippen LogP contribution is 2.25. The summed E-state index contributed by atoms with van der Waals surface area (Å²) in [5, 5.41) is 1.74. The summed E-state index contributed by atoms with van der Waals surface area (Å²) in [7, 11) is 0. The molecule has 3 rings (SSSR count). The van der Waals surface area contributed by atoms with Crippen molar-refractivity contribution >= 4 is 39.7 Å². The van der Waals surface area contributed by atoms with Gasteiger partial charge in [0.1, 0.15) is 0 Å². The molecule has 0 N–H and O–H groups in total. The van der Waals surface area contributed by atoms with E-state index < -0.39 is 0 Å². The average Bonchev–Trinajstić information content (AvgIpc) is 2.53. The minimum atomic E-state index is 0.488. The first kappa shape index (κ1) is 14.1. The summed E-state index contributed by atoms with van der Waals surface area (Å²) < 4.78 is 0. The molecule has 0 aliphatic carbocycles. The van der Waals surface area contributed by atoms with Gasteiger partial charge in [-0.25, -0.2) is 4.98 Å². The van der Waals surface area contributed by atoms with Gasteiger partial charge in [0, 0.05) is 21.9 Å². The van der Waals surface area contributed by atoms with Crippen LogP contribution in [0.4, 0.5) is 0 Å². The molecule has 1 nitrogen and oxygen atoms in total. The smallest absolute Gasteiger partial charge is 0.0724 e. The lowest BCUT2D eigenvalue weighted by molar-refractivity contribution is 1.33. The van der Waals surface area contributed by atoms with Gasteiger partial charge in [-0.05, 0) is 35.4 Å². The summed E-state index contributed by atoms with van der Waals surface area (Å²) in [6.07, 6.45) is 0. The molecule has 0 amide bonds. The summed E-state index contributed by atoms with van der Waals surface area (Å²) in [6, 6.07) is 17.7. The lowest BCUT2D eigenvalue weighted by atomic mass is 10.0. The quantitative estimate of drug-likeness (QED) is 0.566. The first-order chi connectivity index (χ1) is 10.2. The van der Waals surface area contributed by atoms with Crippen LogP contribution in [0.1, 0.15) is 16.8 Å². The topological polar surface area (TPSA) is 12.9 Å². The Morgan fingerprint density at radius 1 is 1.05 bits per heavy atom. The Labute approximate surface area is 133 Å². The Hall–Kier alpha value is -1.83. The minimum absolute atomic E-state index is 0.488. The number of rotatable bonds is 3. The van der Waals surface area contributed by atoms with Crippen LogP contribution in [0.2, 0.25) is 5.02 Å². The van der Waals surface area contributed by atoms with Gasteiger partial charge in [-0.3, -0.25) is 0 Å². The Bertz CT molecular complexity index is 824. The normalized spacial score (nSPS) is 10.8. The van der Waals surface area contributed by atoms with Crippen LogP contribution >= 0.6 is 23.2 Å². The van der Waals surface area contributed by atoms with E-state index in [0.717, 1.165) is 33.3 Å². The summed E-state index contributed by atoms with van der Waals surface area (Å²) in [6.45, 7) is 4.16. The molecule has 0 bridgehead atoms. The summed E-state index contributed by atoms with van der Waals surface area (Å²) >= 11 is 11.9. The molecule has 0 fully saturated rings. The molecule has 0 unspecified atom stereocenters. The first-order valence-electron chi connectivity index (χ1n) is 6.58. The maximum atomic E-state index is 6.03. The second-order valence-electron chi connectivity index (χ2n) is 4.85. The van der Waals surface area contributed by atoms with Crippen molar-refractivity contribution in [2.24, 2.45) is 0 Å². The third-order valence-corrected chi connectivity index (χ3v) is 3.94. The number of hydrogen-bond acceptors (Lipinski definition) is 1. The first-order valence-corrected chi connectivity index (χ1v) is 7.49. The van der Waals surface area contributed by atoms with Crippen molar-refractivity contribution in [2.75, 3.05) is 0 Å². The molecule has 1 heterocycles. The van der Waals surface area contributed by atoms with Crippen molar-refractivity contribution in [1.29, 1.82) is 0 Å². The highest BCUT2D eigenvalue weighted by molar-refractivity contribution is 6.31. The fourth-order valence-electron chi connectivity index (χ4n) is 2.25. The van der Waals surface area contributed by atoms with Gasteiger partial charge in [0.05, 0.1) is 11.2 Å². The summed E-state index contributed by atoms with van der Waals surface area (Å²) in [4.78, 5) is 4.65. The minimum Gasteiger partial charge on any atom is -0.248 e. The highest BCUT2D eigenvalue weighted by Gasteiger charge is 2.06. The molecule has 104 valence electrons. The predicted octanol–water partition coefficient (Wildman–Crippen LogP) is 5.69. The van der Waals surface area contributed by atoms with Crippen molar-refractivity contribution in [1.82, 2.24) is 4.98 Å². The third kappa shape index (κ3) is 2.94. The van der Waals surface area contributed by atoms with E-state index in [9.17, 15) is 0 Å². The number of alkyl halides is 1. The molecular formula is C18H13Cl2N. The van der Waals surface area contributed by atoms with Crippen LogP contribution < -0.4 is 0 Å². The van der Waals surface area contributed by atoms with Crippen LogP contribution in [0.15, 0.2) is 61.2 Å². The van der Waals surface area contributed by atoms with Gasteiger partial charge in [0.25, 0.3) is 0 Å². The second kappa shape index (κ2) is 5.88. The molecule has 0 radical (unpaired) electrons. The molecule has 2 aromatic carbocycles. The zero-order valence-corrected chi connectivity index (χ0v) is 12.8. The number of hydrogen-bond donors (Lipinski definition) is 0. The number of halogens is 2. The van der Waals surface area contributed by atoms with Crippen molar-refractivity contribution < 1.29 is 0 Å². The average molecular weight is 314 g/mol. The Balaban J connectivity index is 2.04. The van der Waals surface area contributed by atoms with E-state index in [0.29, 0.717) is 10.9 Å². The molecule has 0 atom stereocenters. The number of benzene rings is 2. The van der Waals surface area contributed by atoms with E-state index in [2.05, 4.69) is 11.6 Å². The SMILES string of the molecule is C=C(c1cccc(CCl)c1)c1ccc2ccc(Cl)cc2n1. The van der Waals surface area contributed by atoms with Gasteiger partial charge in [0.2, 0.25) is 0 Å². The largest absolute Gasteiger partial charge is 0.248 e. The number of fused-ring (bicyclic) bond motifs is 1. The lowest BCUT2D eigenvalue weighted by Crippen LogP contribution is -1.92. The van der Waals surface area contributed by atoms with E-state index in [-0.39, 0.29) is 0 Å². The molecule has 0 saturated heterocycles. The number of nitrogens with zero attached hydrogens (tertiary/aromatic N) is 1. The third-order valence-electron chi connectivity index (χ3n) is 3.39. The van der Waals surface area contributed by atoms with Crippen LogP contribution in [-0.2, 0) is 5.88 Å². The molecule has 3 heteroatoms. The second-order valence-corrected chi connectivity index (χ2v) is 5.55. The fraction of sp³-hybridized carbons (Fsp3) is 0.0556. The van der Waals surface area contributed by atoms with Gasteiger partial charge in [-0.15, -0.1) is 11.6 Å². The van der Waals surface area contributed by atoms with E-state index >= 15 is 0 Å². The van der Waals surface area contributed by atoms with Crippen LogP contribution in [0.3, 0.4) is 0 Å². The van der Waals surface area contributed by atoms with Crippen LogP contribution in [0, 0.1) is 0 Å². The zero-order chi connectivity index (χ0) is 14.8. The number of pyridine rings is 1. The lowest BCUT2D eigenvalue weighted by Gasteiger charge is -2.08. The standard InChI is InChI=1S/C18H13Cl2N/c1-12(15-4-2-3-13(9-15)11-19)17-8-6-14-5-7-16(20)10-18(14)21-17/h2-10H,1,11H2. The van der Waals surface area contributed by atoms with Gasteiger partial charge < -0.3 is 0 Å². The van der Waals surface area contributed by atoms with Crippen molar-refractivity contribution in [2.45, 2.75) is 5.88 Å². The molecule has 0 aliphatic rings. The zero-order valence-electron chi connectivity index (χ0n) is 11.3. The molecular weight excluding hydrogens is 301 g/mol. The maximum absolute atomic E-state index is 6.03. The van der Waals surface area contributed by atoms with Gasteiger partial charge in [-0.1, -0.05) is 48.5 Å². The molecule has 0 aliphatic heterocycles. The Kier molecular flexibility index (Phi) is 3.96. The Morgan fingerprint density at radius 2 is 1.86 bits per heavy atom. The molecule has 21 heavy (non-hydrogen) atoms. The fourth-order valence-corrected chi connectivity index (χ4v) is 2.58. The van der Waals surface area contributed by atoms with Crippen LogP contribution in [-0.4, -0.2) is 4.98 Å². The van der Waals surface area contributed by atoms with E-state index in [1.807, 2.05) is 54.6 Å². The van der Waals surface area contributed by atoms with Crippen LogP contribution in [0.5, 0.6) is 0 Å². The van der Waals surface area contributed by atoms with Crippen molar-refractivity contribution in [3.05, 3.63) is 83.0 Å². The van der Waals surface area contributed by atoms with E-state index in [1.165, 1.54) is 0 Å². The maximum Gasteiger partial charge on any atom is 0.0724 e. The predicted molar refractivity (Wildman–Crippen MR) is 90.9 cm³/mol. The molecule has 1 aromatic heterocycles. The Morgan fingerprint density at radius 3 is 2.67 bits per heavy atom. The molecule has 0 saturated carbocycles. The monoisotopic (exact) mass is 313 g/mol. The van der Waals surface area contributed by atoms with Crippen molar-refractivity contribution in [3.63, 3.8) is 0 Å². The van der Waals surface area contributed by atoms with Crippen molar-refractivity contribution in [3.8, 4) is 0 Å². The van der Waals surface area contributed by atoms with E-state index in [1.54, 1.807) is 0 Å². The van der Waals surface area contributed by atoms with Crippen LogP contribution in [0.25, 0.3) is 16.5 Å². The number of aromatic nitrogens is 1. The highest BCUT2D eigenvalue weighted by atomic mass is 35.5. The molecule has 3 aromatic rings. The van der Waals surface area contributed by atoms with Gasteiger partial charge >= 0.3 is 0 Å². The molecule has 0 spiro atoms. The summed E-state index contributed by atoms with van der Waals surface area (Å²) in [5.41, 5.74) is 4.69. The van der Waals surface area contributed by atoms with E-state index in [4.69, 9.17) is 23.2 Å².